The number of rotatable bonds is 6. The molecule has 0 saturated carbocycles. The van der Waals surface area contributed by atoms with E-state index in [9.17, 15) is 5.11 Å². The summed E-state index contributed by atoms with van der Waals surface area (Å²) in [7, 11) is 1.53. The first-order valence-electron chi connectivity index (χ1n) is 5.33. The molecule has 0 aliphatic carbocycles. The van der Waals surface area contributed by atoms with E-state index in [-0.39, 0.29) is 17.9 Å². The first-order valence-corrected chi connectivity index (χ1v) is 6.61. The number of ether oxygens (including phenoxy) is 1. The fourth-order valence-corrected chi connectivity index (χ4v) is 2.08. The Labute approximate surface area is 106 Å². The molecule has 0 aromatic carbocycles. The number of aliphatic hydroxyl groups excluding tert-OH is 1. The van der Waals surface area contributed by atoms with E-state index in [1.54, 1.807) is 23.9 Å². The minimum absolute atomic E-state index is 0.107. The summed E-state index contributed by atoms with van der Waals surface area (Å²) in [6.07, 6.45) is 1.97. The molecule has 1 rings (SSSR count). The number of nitrogen functional groups attached to an aromatic ring is 1. The van der Waals surface area contributed by atoms with Crippen molar-refractivity contribution in [2.24, 2.45) is 0 Å². The second kappa shape index (κ2) is 6.56. The predicted molar refractivity (Wildman–Crippen MR) is 72.7 cm³/mol. The maximum atomic E-state index is 9.19. The van der Waals surface area contributed by atoms with E-state index in [2.05, 4.69) is 10.3 Å². The third-order valence-corrected chi connectivity index (χ3v) is 3.66. The molecule has 0 radical (unpaired) electrons. The molecule has 0 amide bonds. The molecule has 1 aromatic heterocycles. The summed E-state index contributed by atoms with van der Waals surface area (Å²) in [5, 5.41) is 12.5. The van der Waals surface area contributed by atoms with Crippen molar-refractivity contribution in [3.05, 3.63) is 12.1 Å². The van der Waals surface area contributed by atoms with Gasteiger partial charge < -0.3 is 20.9 Å². The Morgan fingerprint density at radius 1 is 1.59 bits per heavy atom. The Hall–Kier alpha value is -1.14. The zero-order valence-electron chi connectivity index (χ0n) is 10.3. The summed E-state index contributed by atoms with van der Waals surface area (Å²) in [4.78, 5) is 4.23. The van der Waals surface area contributed by atoms with Crippen LogP contribution < -0.4 is 15.8 Å². The van der Waals surface area contributed by atoms with Crippen LogP contribution in [0, 0.1) is 0 Å². The fraction of sp³-hybridized carbons (Fsp3) is 0.545. The lowest BCUT2D eigenvalue weighted by molar-refractivity contribution is 0.288. The number of nitrogens with two attached hydrogens (primary N) is 1. The van der Waals surface area contributed by atoms with Crippen LogP contribution in [0.25, 0.3) is 0 Å². The van der Waals surface area contributed by atoms with E-state index in [0.717, 1.165) is 0 Å². The average molecular weight is 257 g/mol. The maximum Gasteiger partial charge on any atom is 0.238 e. The summed E-state index contributed by atoms with van der Waals surface area (Å²) < 4.78 is 5.05. The molecule has 6 heteroatoms. The van der Waals surface area contributed by atoms with Gasteiger partial charge in [0.2, 0.25) is 5.88 Å². The molecule has 0 spiro atoms. The van der Waals surface area contributed by atoms with Crippen molar-refractivity contribution in [1.82, 2.24) is 4.98 Å². The van der Waals surface area contributed by atoms with Crippen molar-refractivity contribution >= 4 is 23.3 Å². The summed E-state index contributed by atoms with van der Waals surface area (Å²) in [5.74, 6) is 1.10. The topological polar surface area (TPSA) is 80.4 Å². The number of anilines is 2. The van der Waals surface area contributed by atoms with Gasteiger partial charge in [-0.2, -0.15) is 16.7 Å². The van der Waals surface area contributed by atoms with Crippen LogP contribution in [0.3, 0.4) is 0 Å². The quantitative estimate of drug-likeness (QED) is 0.710. The van der Waals surface area contributed by atoms with E-state index in [1.165, 1.54) is 7.11 Å². The molecule has 17 heavy (non-hydrogen) atoms. The molecular weight excluding hydrogens is 238 g/mol. The largest absolute Gasteiger partial charge is 0.479 e. The van der Waals surface area contributed by atoms with Gasteiger partial charge in [0.15, 0.2) is 0 Å². The smallest absolute Gasteiger partial charge is 0.238 e. The van der Waals surface area contributed by atoms with Gasteiger partial charge in [-0.05, 0) is 25.3 Å². The first-order chi connectivity index (χ1) is 8.12. The van der Waals surface area contributed by atoms with Gasteiger partial charge >= 0.3 is 0 Å². The molecule has 1 aromatic rings. The standard InChI is InChI=1S/C11H19N3O2S/c1-7(9(6-15)17-3)13-10-5-4-8(12)11(14-10)16-2/h4-5,7,9,15H,6,12H2,1-3H3,(H,13,14). The molecule has 96 valence electrons. The molecule has 0 aliphatic rings. The Balaban J connectivity index is 2.74. The highest BCUT2D eigenvalue weighted by atomic mass is 32.2. The number of aliphatic hydroxyl groups is 1. The summed E-state index contributed by atoms with van der Waals surface area (Å²) >= 11 is 1.61. The molecule has 4 N–H and O–H groups in total. The Bertz CT molecular complexity index is 359. The number of nitrogens with one attached hydrogen (secondary N) is 1. The van der Waals surface area contributed by atoms with Gasteiger partial charge in [0.25, 0.3) is 0 Å². The van der Waals surface area contributed by atoms with Gasteiger partial charge in [0.1, 0.15) is 5.82 Å². The molecule has 0 saturated heterocycles. The van der Waals surface area contributed by atoms with Gasteiger partial charge in [-0.15, -0.1) is 0 Å². The highest BCUT2D eigenvalue weighted by Gasteiger charge is 2.15. The van der Waals surface area contributed by atoms with E-state index >= 15 is 0 Å². The van der Waals surface area contributed by atoms with Crippen LogP contribution in [0.5, 0.6) is 5.88 Å². The number of aromatic nitrogens is 1. The molecule has 5 nitrogen and oxygen atoms in total. The number of nitrogens with zero attached hydrogens (tertiary/aromatic N) is 1. The van der Waals surface area contributed by atoms with Crippen LogP contribution in [-0.4, -0.2) is 41.4 Å². The monoisotopic (exact) mass is 257 g/mol. The van der Waals surface area contributed by atoms with E-state index < -0.39 is 0 Å². The summed E-state index contributed by atoms with van der Waals surface area (Å²) in [6, 6.07) is 3.65. The van der Waals surface area contributed by atoms with Crippen molar-refractivity contribution in [3.63, 3.8) is 0 Å². The Morgan fingerprint density at radius 2 is 2.29 bits per heavy atom. The third kappa shape index (κ3) is 3.67. The van der Waals surface area contributed by atoms with Crippen LogP contribution >= 0.6 is 11.8 Å². The lowest BCUT2D eigenvalue weighted by Gasteiger charge is -2.22. The normalized spacial score (nSPS) is 14.1. The number of methoxy groups -OCH3 is 1. The molecular formula is C11H19N3O2S. The second-order valence-electron chi connectivity index (χ2n) is 3.68. The second-order valence-corrected chi connectivity index (χ2v) is 4.76. The van der Waals surface area contributed by atoms with Crippen molar-refractivity contribution in [2.45, 2.75) is 18.2 Å². The maximum absolute atomic E-state index is 9.19. The molecule has 1 heterocycles. The first kappa shape index (κ1) is 13.9. The predicted octanol–water partition coefficient (Wildman–Crippen LogP) is 1.20. The third-order valence-electron chi connectivity index (χ3n) is 2.50. The fourth-order valence-electron chi connectivity index (χ4n) is 1.46. The van der Waals surface area contributed by atoms with Gasteiger partial charge in [-0.3, -0.25) is 0 Å². The Kier molecular flexibility index (Phi) is 5.37. The van der Waals surface area contributed by atoms with Gasteiger partial charge in [0.05, 0.1) is 19.4 Å². The van der Waals surface area contributed by atoms with Crippen molar-refractivity contribution in [2.75, 3.05) is 31.0 Å². The van der Waals surface area contributed by atoms with Crippen LogP contribution in [0.2, 0.25) is 0 Å². The SMILES string of the molecule is COc1nc(NC(C)C(CO)SC)ccc1N. The van der Waals surface area contributed by atoms with Crippen LogP contribution in [0.4, 0.5) is 11.5 Å². The van der Waals surface area contributed by atoms with Crippen molar-refractivity contribution in [1.29, 1.82) is 0 Å². The lowest BCUT2D eigenvalue weighted by Crippen LogP contribution is -2.31. The Morgan fingerprint density at radius 3 is 2.82 bits per heavy atom. The summed E-state index contributed by atoms with van der Waals surface area (Å²) in [6.45, 7) is 2.13. The van der Waals surface area contributed by atoms with E-state index in [1.807, 2.05) is 13.2 Å². The average Bonchev–Trinajstić information content (AvgIpc) is 2.33. The molecule has 0 fully saturated rings. The van der Waals surface area contributed by atoms with Crippen LogP contribution in [0.15, 0.2) is 12.1 Å². The van der Waals surface area contributed by atoms with E-state index in [4.69, 9.17) is 10.5 Å². The minimum Gasteiger partial charge on any atom is -0.479 e. The van der Waals surface area contributed by atoms with Crippen molar-refractivity contribution < 1.29 is 9.84 Å². The molecule has 0 aliphatic heterocycles. The number of hydrogen-bond donors (Lipinski definition) is 3. The highest BCUT2D eigenvalue weighted by Crippen LogP contribution is 2.22. The lowest BCUT2D eigenvalue weighted by atomic mass is 10.2. The molecule has 2 atom stereocenters. The highest BCUT2D eigenvalue weighted by molar-refractivity contribution is 7.99. The van der Waals surface area contributed by atoms with E-state index in [0.29, 0.717) is 17.4 Å². The molecule has 2 unspecified atom stereocenters. The number of thioether (sulfide) groups is 1. The van der Waals surface area contributed by atoms with Gasteiger partial charge in [-0.1, -0.05) is 0 Å². The zero-order valence-corrected chi connectivity index (χ0v) is 11.1. The molecule has 0 bridgehead atoms. The van der Waals surface area contributed by atoms with Crippen LogP contribution in [-0.2, 0) is 0 Å². The number of pyridine rings is 1. The zero-order chi connectivity index (χ0) is 12.8. The summed E-state index contributed by atoms with van der Waals surface area (Å²) in [5.41, 5.74) is 6.19. The minimum atomic E-state index is 0.107. The van der Waals surface area contributed by atoms with Crippen LogP contribution in [0.1, 0.15) is 6.92 Å². The van der Waals surface area contributed by atoms with Gasteiger partial charge in [0, 0.05) is 11.3 Å². The van der Waals surface area contributed by atoms with Crippen molar-refractivity contribution in [3.8, 4) is 5.88 Å². The number of hydrogen-bond acceptors (Lipinski definition) is 6. The van der Waals surface area contributed by atoms with Gasteiger partial charge in [-0.25, -0.2) is 0 Å².